The molecule has 0 bridgehead atoms. The van der Waals surface area contributed by atoms with Crippen LogP contribution >= 0.6 is 15.9 Å². The van der Waals surface area contributed by atoms with Gasteiger partial charge in [0, 0.05) is 10.5 Å². The molecule has 0 aliphatic carbocycles. The Morgan fingerprint density at radius 3 is 2.52 bits per heavy atom. The first-order chi connectivity index (χ1) is 9.88. The molecule has 2 rings (SSSR count). The van der Waals surface area contributed by atoms with Crippen molar-refractivity contribution in [2.45, 2.75) is 6.92 Å². The number of carbonyl (C=O) groups is 1. The Labute approximate surface area is 128 Å². The maximum Gasteiger partial charge on any atom is 0.335 e. The molecule has 2 aromatic carbocycles. The zero-order valence-corrected chi connectivity index (χ0v) is 12.5. The highest BCUT2D eigenvalue weighted by molar-refractivity contribution is 9.10. The number of rotatable bonds is 4. The predicted octanol–water partition coefficient (Wildman–Crippen LogP) is 4.11. The summed E-state index contributed by atoms with van der Waals surface area (Å²) in [4.78, 5) is 21.5. The monoisotopic (exact) mass is 350 g/mol. The third kappa shape index (κ3) is 3.38. The topological polar surface area (TPSA) is 92.5 Å². The molecule has 0 saturated carbocycles. The largest absolute Gasteiger partial charge is 0.478 e. The molecule has 0 aliphatic heterocycles. The van der Waals surface area contributed by atoms with E-state index in [1.165, 1.54) is 18.2 Å². The van der Waals surface area contributed by atoms with E-state index in [2.05, 4.69) is 21.2 Å². The second-order valence-electron chi connectivity index (χ2n) is 4.40. The van der Waals surface area contributed by atoms with Crippen molar-refractivity contribution in [1.29, 1.82) is 0 Å². The average Bonchev–Trinajstić information content (AvgIpc) is 2.41. The van der Waals surface area contributed by atoms with Crippen LogP contribution in [0.5, 0.6) is 0 Å². The summed E-state index contributed by atoms with van der Waals surface area (Å²) >= 11 is 3.36. The summed E-state index contributed by atoms with van der Waals surface area (Å²) in [5.41, 5.74) is 1.57. The first-order valence-electron chi connectivity index (χ1n) is 5.93. The van der Waals surface area contributed by atoms with Crippen LogP contribution in [-0.2, 0) is 0 Å². The third-order valence-corrected chi connectivity index (χ3v) is 3.49. The van der Waals surface area contributed by atoms with Gasteiger partial charge in [-0.15, -0.1) is 0 Å². The van der Waals surface area contributed by atoms with Crippen molar-refractivity contribution in [1.82, 2.24) is 0 Å². The summed E-state index contributed by atoms with van der Waals surface area (Å²) < 4.78 is 0.734. The molecule has 2 aromatic rings. The van der Waals surface area contributed by atoms with E-state index < -0.39 is 10.9 Å². The van der Waals surface area contributed by atoms with Crippen molar-refractivity contribution >= 4 is 39.0 Å². The van der Waals surface area contributed by atoms with E-state index in [4.69, 9.17) is 5.11 Å². The van der Waals surface area contributed by atoms with E-state index in [0.717, 1.165) is 10.0 Å². The fourth-order valence-electron chi connectivity index (χ4n) is 1.79. The van der Waals surface area contributed by atoms with Crippen molar-refractivity contribution in [3.63, 3.8) is 0 Å². The predicted molar refractivity (Wildman–Crippen MR) is 82.2 cm³/mol. The molecule has 0 radical (unpaired) electrons. The van der Waals surface area contributed by atoms with Crippen molar-refractivity contribution in [3.8, 4) is 0 Å². The summed E-state index contributed by atoms with van der Waals surface area (Å²) in [6, 6.07) is 9.09. The van der Waals surface area contributed by atoms with Crippen LogP contribution in [0.3, 0.4) is 0 Å². The number of aryl methyl sites for hydroxylation is 1. The van der Waals surface area contributed by atoms with E-state index in [1.54, 1.807) is 6.07 Å². The van der Waals surface area contributed by atoms with E-state index in [9.17, 15) is 14.9 Å². The van der Waals surface area contributed by atoms with E-state index in [-0.39, 0.29) is 16.9 Å². The maximum atomic E-state index is 11.0. The Bertz CT molecular complexity index is 731. The van der Waals surface area contributed by atoms with Gasteiger partial charge in [0.2, 0.25) is 0 Å². The highest BCUT2D eigenvalue weighted by atomic mass is 79.9. The van der Waals surface area contributed by atoms with Crippen LogP contribution in [0.15, 0.2) is 40.9 Å². The van der Waals surface area contributed by atoms with Crippen LogP contribution < -0.4 is 5.32 Å². The van der Waals surface area contributed by atoms with Gasteiger partial charge in [-0.3, -0.25) is 10.1 Å². The first kappa shape index (κ1) is 15.0. The molecule has 0 aromatic heterocycles. The highest BCUT2D eigenvalue weighted by Gasteiger charge is 2.17. The Kier molecular flexibility index (Phi) is 4.23. The van der Waals surface area contributed by atoms with Gasteiger partial charge in [0.25, 0.3) is 5.69 Å². The minimum Gasteiger partial charge on any atom is -0.478 e. The van der Waals surface area contributed by atoms with Crippen molar-refractivity contribution < 1.29 is 14.8 Å². The average molecular weight is 351 g/mol. The maximum absolute atomic E-state index is 11.0. The Balaban J connectivity index is 2.48. The summed E-state index contributed by atoms with van der Waals surface area (Å²) in [6.07, 6.45) is 0. The minimum atomic E-state index is -1.14. The Hall–Kier alpha value is -2.41. The quantitative estimate of drug-likeness (QED) is 0.639. The number of nitrogens with one attached hydrogen (secondary N) is 1. The number of nitro benzene ring substituents is 1. The lowest BCUT2D eigenvalue weighted by molar-refractivity contribution is -0.383. The molecule has 6 nitrogen and oxygen atoms in total. The standard InChI is InChI=1S/C14H11BrN2O4/c1-8-2-4-11(10(15)6-8)16-12-7-9(14(18)19)3-5-13(12)17(20)21/h2-7,16H,1H3,(H,18,19). The number of carboxylic acid groups (broad SMARTS) is 1. The molecule has 0 amide bonds. The second-order valence-corrected chi connectivity index (χ2v) is 5.26. The summed E-state index contributed by atoms with van der Waals surface area (Å²) in [7, 11) is 0. The lowest BCUT2D eigenvalue weighted by Crippen LogP contribution is -2.02. The molecule has 0 heterocycles. The van der Waals surface area contributed by atoms with E-state index in [0.29, 0.717) is 5.69 Å². The first-order valence-corrected chi connectivity index (χ1v) is 6.72. The Morgan fingerprint density at radius 1 is 1.24 bits per heavy atom. The number of hydrogen-bond donors (Lipinski definition) is 2. The number of nitro groups is 1. The number of carboxylic acids is 1. The van der Waals surface area contributed by atoms with Crippen LogP contribution in [0.25, 0.3) is 0 Å². The third-order valence-electron chi connectivity index (χ3n) is 2.83. The molecule has 108 valence electrons. The fourth-order valence-corrected chi connectivity index (χ4v) is 2.39. The minimum absolute atomic E-state index is 0.0219. The number of benzene rings is 2. The normalized spacial score (nSPS) is 10.2. The van der Waals surface area contributed by atoms with Crippen molar-refractivity contribution in [3.05, 3.63) is 62.1 Å². The number of anilines is 2. The van der Waals surface area contributed by atoms with Crippen LogP contribution in [-0.4, -0.2) is 16.0 Å². The van der Waals surface area contributed by atoms with Crippen LogP contribution in [0, 0.1) is 17.0 Å². The molecular formula is C14H11BrN2O4. The van der Waals surface area contributed by atoms with Gasteiger partial charge in [-0.25, -0.2) is 4.79 Å². The molecule has 0 atom stereocenters. The van der Waals surface area contributed by atoms with Crippen molar-refractivity contribution in [2.24, 2.45) is 0 Å². The summed E-state index contributed by atoms with van der Waals surface area (Å²) in [6.45, 7) is 1.92. The van der Waals surface area contributed by atoms with Gasteiger partial charge in [0.15, 0.2) is 0 Å². The van der Waals surface area contributed by atoms with Gasteiger partial charge in [-0.05, 0) is 52.7 Å². The van der Waals surface area contributed by atoms with Gasteiger partial charge in [-0.2, -0.15) is 0 Å². The molecule has 0 spiro atoms. The summed E-state index contributed by atoms with van der Waals surface area (Å²) in [5.74, 6) is -1.14. The lowest BCUT2D eigenvalue weighted by Gasteiger charge is -2.10. The molecule has 21 heavy (non-hydrogen) atoms. The van der Waals surface area contributed by atoms with Crippen molar-refractivity contribution in [2.75, 3.05) is 5.32 Å². The molecule has 0 aliphatic rings. The van der Waals surface area contributed by atoms with Gasteiger partial charge in [-0.1, -0.05) is 6.07 Å². The van der Waals surface area contributed by atoms with Crippen LogP contribution in [0.2, 0.25) is 0 Å². The molecular weight excluding hydrogens is 340 g/mol. The molecule has 0 unspecified atom stereocenters. The summed E-state index contributed by atoms with van der Waals surface area (Å²) in [5, 5.41) is 22.9. The highest BCUT2D eigenvalue weighted by Crippen LogP contribution is 2.32. The van der Waals surface area contributed by atoms with E-state index in [1.807, 2.05) is 19.1 Å². The lowest BCUT2D eigenvalue weighted by atomic mass is 10.1. The zero-order chi connectivity index (χ0) is 15.6. The molecule has 0 fully saturated rings. The second kappa shape index (κ2) is 5.92. The molecule has 2 N–H and O–H groups in total. The molecule has 0 saturated heterocycles. The van der Waals surface area contributed by atoms with Gasteiger partial charge >= 0.3 is 5.97 Å². The number of nitrogens with zero attached hydrogens (tertiary/aromatic N) is 1. The zero-order valence-electron chi connectivity index (χ0n) is 11.0. The van der Waals surface area contributed by atoms with E-state index >= 15 is 0 Å². The number of halogens is 1. The molecule has 7 heteroatoms. The van der Waals surface area contributed by atoms with Crippen LogP contribution in [0.4, 0.5) is 17.1 Å². The fraction of sp³-hybridized carbons (Fsp3) is 0.0714. The number of aromatic carboxylic acids is 1. The van der Waals surface area contributed by atoms with Gasteiger partial charge in [0.1, 0.15) is 5.69 Å². The van der Waals surface area contributed by atoms with Gasteiger partial charge in [0.05, 0.1) is 16.2 Å². The van der Waals surface area contributed by atoms with Crippen LogP contribution in [0.1, 0.15) is 15.9 Å². The Morgan fingerprint density at radius 2 is 1.95 bits per heavy atom. The number of hydrogen-bond acceptors (Lipinski definition) is 4. The van der Waals surface area contributed by atoms with Gasteiger partial charge < -0.3 is 10.4 Å². The smallest absolute Gasteiger partial charge is 0.335 e. The SMILES string of the molecule is Cc1ccc(Nc2cc(C(=O)O)ccc2[N+](=O)[O-])c(Br)c1.